The molecule has 2 N–H and O–H groups in total. The average Bonchev–Trinajstić information content (AvgIpc) is 2.95. The number of aryl methyl sites for hydroxylation is 1. The third-order valence-electron chi connectivity index (χ3n) is 3.55. The summed E-state index contributed by atoms with van der Waals surface area (Å²) in [6.07, 6.45) is 3.05. The van der Waals surface area contributed by atoms with E-state index in [0.29, 0.717) is 12.3 Å². The van der Waals surface area contributed by atoms with Crippen molar-refractivity contribution in [3.63, 3.8) is 0 Å². The normalized spacial score (nSPS) is 16.7. The van der Waals surface area contributed by atoms with Crippen LogP contribution in [0.5, 0.6) is 5.75 Å². The van der Waals surface area contributed by atoms with Gasteiger partial charge in [0.25, 0.3) is 0 Å². The van der Waals surface area contributed by atoms with Crippen molar-refractivity contribution in [3.8, 4) is 5.75 Å². The van der Waals surface area contributed by atoms with Gasteiger partial charge in [-0.3, -0.25) is 0 Å². The number of fused-ring (bicyclic) bond motifs is 1. The molecule has 1 atom stereocenters. The number of hydrogen-bond acceptors (Lipinski definition) is 4. The minimum atomic E-state index is -0.443. The Balaban J connectivity index is 1.63. The molecule has 0 saturated heterocycles. The molecule has 116 valence electrons. The van der Waals surface area contributed by atoms with Gasteiger partial charge in [-0.1, -0.05) is 0 Å². The van der Waals surface area contributed by atoms with Crippen LogP contribution in [0.3, 0.4) is 0 Å². The molecule has 2 amide bonds. The van der Waals surface area contributed by atoms with E-state index in [1.165, 1.54) is 31.6 Å². The second-order valence-corrected chi connectivity index (χ2v) is 5.04. The van der Waals surface area contributed by atoms with Gasteiger partial charge in [0.2, 0.25) is 0 Å². The molecule has 1 aromatic carbocycles. The van der Waals surface area contributed by atoms with Gasteiger partial charge >= 0.3 is 6.03 Å². The Kier molecular flexibility index (Phi) is 3.90. The lowest BCUT2D eigenvalue weighted by Gasteiger charge is -2.23. The molecule has 2 aromatic rings. The van der Waals surface area contributed by atoms with E-state index in [4.69, 9.17) is 4.74 Å². The lowest BCUT2D eigenvalue weighted by Crippen LogP contribution is -2.43. The molecule has 1 aromatic heterocycles. The number of benzene rings is 1. The lowest BCUT2D eigenvalue weighted by atomic mass is 10.1. The number of carbonyl (C=O) groups is 1. The first kappa shape index (κ1) is 14.3. The molecule has 0 bridgehead atoms. The Labute approximate surface area is 126 Å². The van der Waals surface area contributed by atoms with Gasteiger partial charge in [0, 0.05) is 12.5 Å². The van der Waals surface area contributed by atoms with Crippen molar-refractivity contribution in [2.75, 3.05) is 12.4 Å². The second-order valence-electron chi connectivity index (χ2n) is 5.04. The maximum atomic E-state index is 13.3. The van der Waals surface area contributed by atoms with Gasteiger partial charge in [0.1, 0.15) is 23.7 Å². The van der Waals surface area contributed by atoms with E-state index in [1.807, 2.05) is 0 Å². The fourth-order valence-corrected chi connectivity index (χ4v) is 2.48. The number of methoxy groups -OCH3 is 1. The number of carbonyl (C=O) groups excluding carboxylic acids is 1. The third kappa shape index (κ3) is 3.00. The molecule has 22 heavy (non-hydrogen) atoms. The molecule has 0 aliphatic carbocycles. The highest BCUT2D eigenvalue weighted by Crippen LogP contribution is 2.24. The van der Waals surface area contributed by atoms with E-state index in [-0.39, 0.29) is 11.7 Å². The molecule has 7 nitrogen and oxygen atoms in total. The molecule has 0 fully saturated rings. The van der Waals surface area contributed by atoms with Crippen LogP contribution >= 0.6 is 0 Å². The highest BCUT2D eigenvalue weighted by molar-refractivity contribution is 5.91. The Morgan fingerprint density at radius 3 is 3.18 bits per heavy atom. The zero-order valence-electron chi connectivity index (χ0n) is 12.0. The fourth-order valence-electron chi connectivity index (χ4n) is 2.48. The maximum Gasteiger partial charge on any atom is 0.319 e. The summed E-state index contributed by atoms with van der Waals surface area (Å²) in [5, 5.41) is 9.56. The van der Waals surface area contributed by atoms with E-state index in [1.54, 1.807) is 4.68 Å². The first-order valence-corrected chi connectivity index (χ1v) is 6.93. The Morgan fingerprint density at radius 1 is 1.50 bits per heavy atom. The predicted octanol–water partition coefficient (Wildman–Crippen LogP) is 1.56. The molecule has 0 unspecified atom stereocenters. The van der Waals surface area contributed by atoms with Gasteiger partial charge in [0.05, 0.1) is 25.4 Å². The van der Waals surface area contributed by atoms with E-state index in [9.17, 15) is 9.18 Å². The highest BCUT2D eigenvalue weighted by atomic mass is 19.1. The number of nitrogens with zero attached hydrogens (tertiary/aromatic N) is 3. The molecule has 8 heteroatoms. The van der Waals surface area contributed by atoms with Crippen molar-refractivity contribution < 1.29 is 13.9 Å². The van der Waals surface area contributed by atoms with Gasteiger partial charge in [-0.2, -0.15) is 5.10 Å². The van der Waals surface area contributed by atoms with Crippen molar-refractivity contribution >= 4 is 11.7 Å². The SMILES string of the molecule is COc1ccc(F)cc1NC(=O)N[C@H]1CCc2ncnn2C1. The van der Waals surface area contributed by atoms with Gasteiger partial charge in [-0.25, -0.2) is 18.9 Å². The Hall–Kier alpha value is -2.64. The molecule has 0 radical (unpaired) electrons. The zero-order chi connectivity index (χ0) is 15.5. The van der Waals surface area contributed by atoms with Crippen molar-refractivity contribution in [1.82, 2.24) is 20.1 Å². The van der Waals surface area contributed by atoms with Gasteiger partial charge in [-0.05, 0) is 18.6 Å². The summed E-state index contributed by atoms with van der Waals surface area (Å²) < 4.78 is 20.1. The van der Waals surface area contributed by atoms with Crippen LogP contribution in [-0.2, 0) is 13.0 Å². The van der Waals surface area contributed by atoms with Crippen molar-refractivity contribution in [3.05, 3.63) is 36.2 Å². The summed E-state index contributed by atoms with van der Waals surface area (Å²) >= 11 is 0. The minimum absolute atomic E-state index is 0.0474. The van der Waals surface area contributed by atoms with E-state index < -0.39 is 11.8 Å². The van der Waals surface area contributed by atoms with Crippen LogP contribution in [0, 0.1) is 5.82 Å². The number of ether oxygens (including phenoxy) is 1. The second kappa shape index (κ2) is 6.00. The lowest BCUT2D eigenvalue weighted by molar-refractivity contribution is 0.243. The Morgan fingerprint density at radius 2 is 2.36 bits per heavy atom. The molecule has 0 spiro atoms. The summed E-state index contributed by atoms with van der Waals surface area (Å²) in [7, 11) is 1.46. The Bertz CT molecular complexity index is 688. The van der Waals surface area contributed by atoms with Gasteiger partial charge < -0.3 is 15.4 Å². The first-order chi connectivity index (χ1) is 10.7. The zero-order valence-corrected chi connectivity index (χ0v) is 12.0. The van der Waals surface area contributed by atoms with Crippen LogP contribution in [-0.4, -0.2) is 33.9 Å². The highest BCUT2D eigenvalue weighted by Gasteiger charge is 2.21. The summed E-state index contributed by atoms with van der Waals surface area (Å²) in [6, 6.07) is 3.50. The maximum absolute atomic E-state index is 13.3. The van der Waals surface area contributed by atoms with Crippen molar-refractivity contribution in [1.29, 1.82) is 0 Å². The number of halogens is 1. The number of anilines is 1. The fraction of sp³-hybridized carbons (Fsp3) is 0.357. The van der Waals surface area contributed by atoms with Crippen LogP contribution in [0.2, 0.25) is 0 Å². The smallest absolute Gasteiger partial charge is 0.319 e. The summed E-state index contributed by atoms with van der Waals surface area (Å²) in [4.78, 5) is 16.2. The van der Waals surface area contributed by atoms with Crippen molar-refractivity contribution in [2.45, 2.75) is 25.4 Å². The van der Waals surface area contributed by atoms with E-state index in [2.05, 4.69) is 20.7 Å². The van der Waals surface area contributed by atoms with Crippen LogP contribution in [0.15, 0.2) is 24.5 Å². The monoisotopic (exact) mass is 305 g/mol. The molecule has 2 heterocycles. The molecular weight excluding hydrogens is 289 g/mol. The minimum Gasteiger partial charge on any atom is -0.495 e. The number of nitrogens with one attached hydrogen (secondary N) is 2. The number of urea groups is 1. The summed E-state index contributed by atoms with van der Waals surface area (Å²) in [5.74, 6) is 0.880. The predicted molar refractivity (Wildman–Crippen MR) is 77.2 cm³/mol. The van der Waals surface area contributed by atoms with Crippen LogP contribution in [0.1, 0.15) is 12.2 Å². The molecule has 1 aliphatic rings. The number of amides is 2. The van der Waals surface area contributed by atoms with Gasteiger partial charge in [0.15, 0.2) is 0 Å². The molecule has 1 aliphatic heterocycles. The number of hydrogen-bond donors (Lipinski definition) is 2. The summed E-state index contributed by atoms with van der Waals surface area (Å²) in [6.45, 7) is 0.572. The molecule has 3 rings (SSSR count). The number of aromatic nitrogens is 3. The largest absolute Gasteiger partial charge is 0.495 e. The van der Waals surface area contributed by atoms with Gasteiger partial charge in [-0.15, -0.1) is 0 Å². The average molecular weight is 305 g/mol. The van der Waals surface area contributed by atoms with Crippen LogP contribution in [0.4, 0.5) is 14.9 Å². The van der Waals surface area contributed by atoms with E-state index in [0.717, 1.165) is 18.7 Å². The quantitative estimate of drug-likeness (QED) is 0.902. The molecular formula is C14H16FN5O2. The molecule has 0 saturated carbocycles. The first-order valence-electron chi connectivity index (χ1n) is 6.93. The summed E-state index contributed by atoms with van der Waals surface area (Å²) in [5.41, 5.74) is 0.289. The van der Waals surface area contributed by atoms with Crippen LogP contribution < -0.4 is 15.4 Å². The van der Waals surface area contributed by atoms with Crippen molar-refractivity contribution in [2.24, 2.45) is 0 Å². The number of rotatable bonds is 3. The van der Waals surface area contributed by atoms with Crippen LogP contribution in [0.25, 0.3) is 0 Å². The van der Waals surface area contributed by atoms with E-state index >= 15 is 0 Å². The topological polar surface area (TPSA) is 81.1 Å². The third-order valence-corrected chi connectivity index (χ3v) is 3.55. The standard InChI is InChI=1S/C14H16FN5O2/c1-22-12-4-2-9(15)6-11(12)19-14(21)18-10-3-5-13-16-8-17-20(13)7-10/h2,4,6,8,10H,3,5,7H2,1H3,(H2,18,19,21)/t10-/m0/s1.